The lowest BCUT2D eigenvalue weighted by molar-refractivity contribution is -0.139. The van der Waals surface area contributed by atoms with E-state index in [0.29, 0.717) is 59.2 Å². The number of carbonyl (C=O) groups excluding carboxylic acids is 1. The number of hydrogen-bond donors (Lipinski definition) is 0. The second kappa shape index (κ2) is 11.4. The van der Waals surface area contributed by atoms with Crippen molar-refractivity contribution in [3.8, 4) is 22.8 Å². The maximum absolute atomic E-state index is 13.9. The van der Waals surface area contributed by atoms with Crippen LogP contribution in [0.25, 0.3) is 17.4 Å². The molecule has 0 saturated heterocycles. The van der Waals surface area contributed by atoms with E-state index in [4.69, 9.17) is 41.8 Å². The molecule has 4 aromatic rings. The number of benzene rings is 2. The van der Waals surface area contributed by atoms with Gasteiger partial charge in [-0.25, -0.2) is 9.79 Å². The molecule has 40 heavy (non-hydrogen) atoms. The summed E-state index contributed by atoms with van der Waals surface area (Å²) in [5.74, 6) is 1.44. The highest BCUT2D eigenvalue weighted by molar-refractivity contribution is 7.07. The van der Waals surface area contributed by atoms with Gasteiger partial charge in [-0.1, -0.05) is 34.5 Å². The highest BCUT2D eigenvalue weighted by Gasteiger charge is 2.35. The second-order valence-corrected chi connectivity index (χ2v) is 10.6. The molecule has 0 unspecified atom stereocenters. The summed E-state index contributed by atoms with van der Waals surface area (Å²) in [5, 5.41) is 0.963. The van der Waals surface area contributed by atoms with Crippen LogP contribution in [-0.2, 0) is 9.53 Å². The molecule has 0 bridgehead atoms. The third-order valence-corrected chi connectivity index (χ3v) is 7.88. The molecular formula is C29H24Cl2N2O6S. The van der Waals surface area contributed by atoms with Crippen LogP contribution < -0.4 is 24.4 Å². The van der Waals surface area contributed by atoms with Gasteiger partial charge in [0.1, 0.15) is 29.1 Å². The molecule has 1 atom stereocenters. The predicted molar refractivity (Wildman–Crippen MR) is 154 cm³/mol. The van der Waals surface area contributed by atoms with Crippen molar-refractivity contribution < 1.29 is 23.4 Å². The van der Waals surface area contributed by atoms with Crippen molar-refractivity contribution in [2.24, 2.45) is 4.99 Å². The fourth-order valence-corrected chi connectivity index (χ4v) is 6.05. The van der Waals surface area contributed by atoms with Crippen LogP contribution in [0.1, 0.15) is 31.2 Å². The quantitative estimate of drug-likeness (QED) is 0.265. The number of fused-ring (bicyclic) bond motifs is 1. The van der Waals surface area contributed by atoms with Crippen LogP contribution in [0.4, 0.5) is 0 Å². The normalized spacial score (nSPS) is 15.1. The van der Waals surface area contributed by atoms with Crippen molar-refractivity contribution in [3.63, 3.8) is 0 Å². The molecule has 8 nitrogen and oxygen atoms in total. The van der Waals surface area contributed by atoms with Crippen molar-refractivity contribution in [1.29, 1.82) is 0 Å². The molecule has 0 aliphatic carbocycles. The number of ether oxygens (including phenoxy) is 3. The molecule has 0 spiro atoms. The van der Waals surface area contributed by atoms with Gasteiger partial charge in [0, 0.05) is 28.3 Å². The highest BCUT2D eigenvalue weighted by atomic mass is 35.5. The lowest BCUT2D eigenvalue weighted by Crippen LogP contribution is -2.40. The van der Waals surface area contributed by atoms with Gasteiger partial charge in [-0.05, 0) is 56.3 Å². The zero-order valence-corrected chi connectivity index (χ0v) is 24.3. The number of methoxy groups -OCH3 is 2. The monoisotopic (exact) mass is 598 g/mol. The first kappa shape index (κ1) is 27.8. The van der Waals surface area contributed by atoms with E-state index < -0.39 is 12.0 Å². The van der Waals surface area contributed by atoms with Crippen molar-refractivity contribution in [3.05, 3.63) is 101 Å². The summed E-state index contributed by atoms with van der Waals surface area (Å²) in [6, 6.07) is 13.0. The van der Waals surface area contributed by atoms with E-state index in [1.54, 1.807) is 75.6 Å². The van der Waals surface area contributed by atoms with Gasteiger partial charge < -0.3 is 18.6 Å². The zero-order valence-electron chi connectivity index (χ0n) is 22.0. The number of furan rings is 1. The number of aromatic nitrogens is 1. The SMILES string of the molecule is CCOC(=O)C1=C(C)N=c2s/c(=C\c3ccc(-c4ccc(Cl)cc4Cl)o3)c(=O)n2[C@@H]1c1ccc(OC)cc1OC. The van der Waals surface area contributed by atoms with Gasteiger partial charge in [0.15, 0.2) is 4.80 Å². The minimum Gasteiger partial charge on any atom is -0.497 e. The van der Waals surface area contributed by atoms with E-state index >= 15 is 0 Å². The van der Waals surface area contributed by atoms with Crippen LogP contribution >= 0.6 is 34.5 Å². The van der Waals surface area contributed by atoms with Crippen molar-refractivity contribution >= 4 is 46.6 Å². The van der Waals surface area contributed by atoms with E-state index in [0.717, 1.165) is 0 Å². The Balaban J connectivity index is 1.67. The third-order valence-electron chi connectivity index (χ3n) is 6.35. The molecule has 0 radical (unpaired) electrons. The van der Waals surface area contributed by atoms with Gasteiger partial charge in [0.05, 0.1) is 41.7 Å². The summed E-state index contributed by atoms with van der Waals surface area (Å²) in [4.78, 5) is 32.1. The van der Waals surface area contributed by atoms with E-state index in [1.807, 2.05) is 0 Å². The van der Waals surface area contributed by atoms with Crippen LogP contribution in [0.2, 0.25) is 10.0 Å². The number of allylic oxidation sites excluding steroid dienone is 1. The first-order chi connectivity index (χ1) is 19.2. The van der Waals surface area contributed by atoms with Crippen molar-refractivity contribution in [1.82, 2.24) is 4.57 Å². The van der Waals surface area contributed by atoms with Gasteiger partial charge in [-0.15, -0.1) is 0 Å². The van der Waals surface area contributed by atoms with Gasteiger partial charge in [-0.3, -0.25) is 9.36 Å². The summed E-state index contributed by atoms with van der Waals surface area (Å²) < 4.78 is 24.2. The first-order valence-corrected chi connectivity index (χ1v) is 13.8. The van der Waals surface area contributed by atoms with E-state index in [1.165, 1.54) is 23.0 Å². The lowest BCUT2D eigenvalue weighted by atomic mass is 9.95. The highest BCUT2D eigenvalue weighted by Crippen LogP contribution is 2.38. The molecule has 0 amide bonds. The summed E-state index contributed by atoms with van der Waals surface area (Å²) >= 11 is 13.6. The number of halogens is 2. The molecule has 1 aliphatic rings. The van der Waals surface area contributed by atoms with Gasteiger partial charge >= 0.3 is 5.97 Å². The number of hydrogen-bond acceptors (Lipinski definition) is 8. The number of nitrogens with zero attached hydrogens (tertiary/aromatic N) is 2. The van der Waals surface area contributed by atoms with Gasteiger partial charge in [0.2, 0.25) is 0 Å². The van der Waals surface area contributed by atoms with Crippen molar-refractivity contribution in [2.45, 2.75) is 19.9 Å². The predicted octanol–water partition coefficient (Wildman–Crippen LogP) is 5.38. The van der Waals surface area contributed by atoms with E-state index in [9.17, 15) is 9.59 Å². The topological polar surface area (TPSA) is 92.3 Å². The summed E-state index contributed by atoms with van der Waals surface area (Å²) in [6.07, 6.45) is 1.64. The van der Waals surface area contributed by atoms with Gasteiger partial charge in [-0.2, -0.15) is 0 Å². The first-order valence-electron chi connectivity index (χ1n) is 12.2. The Hall–Kier alpha value is -3.79. The minimum absolute atomic E-state index is 0.172. The number of esters is 1. The molecule has 3 heterocycles. The minimum atomic E-state index is -0.835. The molecule has 0 saturated carbocycles. The molecule has 2 aromatic heterocycles. The standard InChI is InChI=1S/C29H24Cl2N2O6S/c1-5-38-28(35)25-15(2)32-29-33(26(25)20-10-7-17(36-3)13-23(20)37-4)27(34)24(40-29)14-18-8-11-22(39-18)19-9-6-16(30)12-21(19)31/h6-14,26H,5H2,1-4H3/b24-14-/t26-/m1/s1. The van der Waals surface area contributed by atoms with Crippen molar-refractivity contribution in [2.75, 3.05) is 20.8 Å². The summed E-state index contributed by atoms with van der Waals surface area (Å²) in [5.41, 5.74) is 1.62. The lowest BCUT2D eigenvalue weighted by Gasteiger charge is -2.26. The molecule has 206 valence electrons. The van der Waals surface area contributed by atoms with Crippen LogP contribution in [-0.4, -0.2) is 31.4 Å². The second-order valence-electron chi connectivity index (χ2n) is 8.74. The molecule has 0 N–H and O–H groups in total. The Morgan fingerprint density at radius 2 is 1.93 bits per heavy atom. The molecular weight excluding hydrogens is 575 g/mol. The van der Waals surface area contributed by atoms with E-state index in [-0.39, 0.29) is 17.7 Å². The fourth-order valence-electron chi connectivity index (χ4n) is 4.52. The maximum Gasteiger partial charge on any atom is 0.338 e. The Morgan fingerprint density at radius 1 is 1.12 bits per heavy atom. The fraction of sp³-hybridized carbons (Fsp3) is 0.207. The molecule has 11 heteroatoms. The Kier molecular flexibility index (Phi) is 7.89. The Bertz CT molecular complexity index is 1840. The average Bonchev–Trinajstić information content (AvgIpc) is 3.51. The van der Waals surface area contributed by atoms with Crippen LogP contribution in [0, 0.1) is 0 Å². The molecule has 5 rings (SSSR count). The zero-order chi connectivity index (χ0) is 28.6. The average molecular weight is 599 g/mol. The maximum atomic E-state index is 13.9. The number of rotatable bonds is 7. The Labute approximate surface area is 243 Å². The van der Waals surface area contributed by atoms with Crippen LogP contribution in [0.3, 0.4) is 0 Å². The molecule has 1 aliphatic heterocycles. The van der Waals surface area contributed by atoms with Crippen LogP contribution in [0.5, 0.6) is 11.5 Å². The number of thiazole rings is 1. The number of carbonyl (C=O) groups is 1. The summed E-state index contributed by atoms with van der Waals surface area (Å²) in [7, 11) is 3.07. The van der Waals surface area contributed by atoms with Gasteiger partial charge in [0.25, 0.3) is 5.56 Å². The van der Waals surface area contributed by atoms with Crippen LogP contribution in [0.15, 0.2) is 74.0 Å². The largest absolute Gasteiger partial charge is 0.497 e. The molecule has 2 aromatic carbocycles. The molecule has 0 fully saturated rings. The third kappa shape index (κ3) is 5.08. The Morgan fingerprint density at radius 3 is 2.62 bits per heavy atom. The van der Waals surface area contributed by atoms with E-state index in [2.05, 4.69) is 4.99 Å². The smallest absolute Gasteiger partial charge is 0.338 e. The summed E-state index contributed by atoms with van der Waals surface area (Å²) in [6.45, 7) is 3.62.